The quantitative estimate of drug-likeness (QED) is 0.787. The van der Waals surface area contributed by atoms with Crippen molar-refractivity contribution in [3.8, 4) is 0 Å². The zero-order valence-electron chi connectivity index (χ0n) is 9.66. The zero-order valence-corrected chi connectivity index (χ0v) is 9.66. The van der Waals surface area contributed by atoms with Crippen LogP contribution in [0.4, 0.5) is 10.1 Å². The molecule has 0 bridgehead atoms. The molecule has 1 atom stereocenters. The summed E-state index contributed by atoms with van der Waals surface area (Å²) in [6.45, 7) is 1.75. The molecule has 1 aromatic rings. The van der Waals surface area contributed by atoms with Gasteiger partial charge in [-0.2, -0.15) is 0 Å². The molecule has 5 heteroatoms. The summed E-state index contributed by atoms with van der Waals surface area (Å²) < 4.78 is 12.9. The number of anilines is 1. The number of nitrogens with zero attached hydrogens (tertiary/aromatic N) is 1. The number of imide groups is 1. The Labute approximate surface area is 98.4 Å². The molecular formula is C12H13FN2O2. The van der Waals surface area contributed by atoms with Gasteiger partial charge in [-0.15, -0.1) is 0 Å². The molecule has 1 aliphatic heterocycles. The monoisotopic (exact) mass is 236 g/mol. The van der Waals surface area contributed by atoms with Crippen LogP contribution in [0.15, 0.2) is 18.2 Å². The normalized spacial score (nSPS) is 19.9. The zero-order chi connectivity index (χ0) is 12.6. The van der Waals surface area contributed by atoms with E-state index in [1.54, 1.807) is 13.0 Å². The second-order valence-electron chi connectivity index (χ2n) is 4.15. The van der Waals surface area contributed by atoms with Gasteiger partial charge in [-0.1, -0.05) is 0 Å². The molecule has 1 saturated heterocycles. The van der Waals surface area contributed by atoms with Crippen LogP contribution in [0.2, 0.25) is 0 Å². The Bertz CT molecular complexity index is 487. The fraction of sp³-hybridized carbons (Fsp3) is 0.333. The number of aryl methyl sites for hydroxylation is 1. The van der Waals surface area contributed by atoms with Crippen molar-refractivity contribution >= 4 is 17.5 Å². The van der Waals surface area contributed by atoms with Crippen molar-refractivity contribution in [1.29, 1.82) is 0 Å². The van der Waals surface area contributed by atoms with Gasteiger partial charge < -0.3 is 5.32 Å². The second kappa shape index (κ2) is 4.16. The molecule has 1 aliphatic rings. The lowest BCUT2D eigenvalue weighted by Crippen LogP contribution is -2.31. The number of rotatable bonds is 2. The second-order valence-corrected chi connectivity index (χ2v) is 4.15. The van der Waals surface area contributed by atoms with Crippen LogP contribution in [0.1, 0.15) is 12.0 Å². The summed E-state index contributed by atoms with van der Waals surface area (Å²) in [5, 5.41) is 2.97. The average molecular weight is 236 g/mol. The van der Waals surface area contributed by atoms with Gasteiger partial charge in [-0.25, -0.2) is 4.39 Å². The van der Waals surface area contributed by atoms with Crippen LogP contribution < -0.4 is 5.32 Å². The van der Waals surface area contributed by atoms with E-state index in [4.69, 9.17) is 0 Å². The highest BCUT2D eigenvalue weighted by Gasteiger charge is 2.35. The molecule has 0 aliphatic carbocycles. The number of carbonyl (C=O) groups excluding carboxylic acids is 2. The van der Waals surface area contributed by atoms with E-state index in [0.717, 1.165) is 4.90 Å². The molecule has 4 nitrogen and oxygen atoms in total. The van der Waals surface area contributed by atoms with Gasteiger partial charge in [0, 0.05) is 12.7 Å². The van der Waals surface area contributed by atoms with E-state index < -0.39 is 6.04 Å². The van der Waals surface area contributed by atoms with Gasteiger partial charge in [0.05, 0.1) is 6.42 Å². The van der Waals surface area contributed by atoms with Crippen molar-refractivity contribution in [3.63, 3.8) is 0 Å². The number of hydrogen-bond acceptors (Lipinski definition) is 3. The van der Waals surface area contributed by atoms with E-state index in [0.29, 0.717) is 11.3 Å². The SMILES string of the molecule is Cc1cc(F)ccc1NC1CC(=O)N(C)C1=O. The average Bonchev–Trinajstić information content (AvgIpc) is 2.50. The van der Waals surface area contributed by atoms with Crippen LogP contribution >= 0.6 is 0 Å². The summed E-state index contributed by atoms with van der Waals surface area (Å²) in [6.07, 6.45) is 0.145. The summed E-state index contributed by atoms with van der Waals surface area (Å²) in [7, 11) is 1.46. The summed E-state index contributed by atoms with van der Waals surface area (Å²) in [6, 6.07) is 3.73. The van der Waals surface area contributed by atoms with E-state index in [2.05, 4.69) is 5.32 Å². The van der Waals surface area contributed by atoms with Crippen molar-refractivity contribution in [3.05, 3.63) is 29.6 Å². The van der Waals surface area contributed by atoms with Crippen molar-refractivity contribution in [2.45, 2.75) is 19.4 Å². The summed E-state index contributed by atoms with van der Waals surface area (Å²) >= 11 is 0. The predicted molar refractivity (Wildman–Crippen MR) is 60.9 cm³/mol. The molecule has 0 aromatic heterocycles. The topological polar surface area (TPSA) is 49.4 Å². The maximum atomic E-state index is 12.9. The van der Waals surface area contributed by atoms with Crippen LogP contribution in [-0.4, -0.2) is 29.8 Å². The Morgan fingerprint density at radius 2 is 2.12 bits per heavy atom. The molecule has 1 aromatic carbocycles. The van der Waals surface area contributed by atoms with Crippen LogP contribution in [0.25, 0.3) is 0 Å². The third kappa shape index (κ3) is 2.13. The minimum Gasteiger partial charge on any atom is -0.373 e. The minimum absolute atomic E-state index is 0.145. The molecule has 1 heterocycles. The molecular weight excluding hydrogens is 223 g/mol. The fourth-order valence-electron chi connectivity index (χ4n) is 1.85. The molecule has 1 fully saturated rings. The standard InChI is InChI=1S/C12H13FN2O2/c1-7-5-8(13)3-4-9(7)14-10-6-11(16)15(2)12(10)17/h3-5,10,14H,6H2,1-2H3. The van der Waals surface area contributed by atoms with Crippen molar-refractivity contribution < 1.29 is 14.0 Å². The van der Waals surface area contributed by atoms with Crippen LogP contribution in [0, 0.1) is 12.7 Å². The highest BCUT2D eigenvalue weighted by atomic mass is 19.1. The number of benzene rings is 1. The fourth-order valence-corrected chi connectivity index (χ4v) is 1.85. The molecule has 17 heavy (non-hydrogen) atoms. The summed E-state index contributed by atoms with van der Waals surface area (Å²) in [5.41, 5.74) is 1.38. The smallest absolute Gasteiger partial charge is 0.251 e. The highest BCUT2D eigenvalue weighted by Crippen LogP contribution is 2.20. The Hall–Kier alpha value is -1.91. The molecule has 2 amide bonds. The molecule has 0 radical (unpaired) electrons. The first kappa shape index (κ1) is 11.6. The number of amides is 2. The molecule has 0 spiro atoms. The third-order valence-electron chi connectivity index (χ3n) is 2.90. The maximum Gasteiger partial charge on any atom is 0.251 e. The minimum atomic E-state index is -0.545. The van der Waals surface area contributed by atoms with Gasteiger partial charge in [0.25, 0.3) is 5.91 Å². The van der Waals surface area contributed by atoms with E-state index in [1.807, 2.05) is 0 Å². The lowest BCUT2D eigenvalue weighted by molar-refractivity contribution is -0.136. The third-order valence-corrected chi connectivity index (χ3v) is 2.90. The van der Waals surface area contributed by atoms with E-state index in [1.165, 1.54) is 19.2 Å². The Balaban J connectivity index is 2.17. The van der Waals surface area contributed by atoms with Crippen molar-refractivity contribution in [2.75, 3.05) is 12.4 Å². The van der Waals surface area contributed by atoms with E-state index >= 15 is 0 Å². The van der Waals surface area contributed by atoms with E-state index in [9.17, 15) is 14.0 Å². The van der Waals surface area contributed by atoms with Gasteiger partial charge in [0.2, 0.25) is 5.91 Å². The van der Waals surface area contributed by atoms with Gasteiger partial charge in [0.15, 0.2) is 0 Å². The molecule has 0 saturated carbocycles. The first-order valence-corrected chi connectivity index (χ1v) is 5.32. The van der Waals surface area contributed by atoms with Gasteiger partial charge in [0.1, 0.15) is 11.9 Å². The molecule has 90 valence electrons. The lowest BCUT2D eigenvalue weighted by atomic mass is 10.1. The molecule has 1 N–H and O–H groups in total. The van der Waals surface area contributed by atoms with Crippen LogP contribution in [-0.2, 0) is 9.59 Å². The Morgan fingerprint density at radius 1 is 1.41 bits per heavy atom. The summed E-state index contributed by atoms with van der Waals surface area (Å²) in [5.74, 6) is -0.773. The summed E-state index contributed by atoms with van der Waals surface area (Å²) in [4.78, 5) is 24.1. The van der Waals surface area contributed by atoms with Crippen molar-refractivity contribution in [2.24, 2.45) is 0 Å². The highest BCUT2D eigenvalue weighted by molar-refractivity contribution is 6.06. The molecule has 2 rings (SSSR count). The first-order valence-electron chi connectivity index (χ1n) is 5.32. The number of carbonyl (C=O) groups is 2. The number of nitrogens with one attached hydrogen (secondary N) is 1. The number of likely N-dealkylation sites (N-methyl/N-ethyl adjacent to an activating group) is 1. The van der Waals surface area contributed by atoms with Crippen LogP contribution in [0.3, 0.4) is 0 Å². The molecule has 1 unspecified atom stereocenters. The van der Waals surface area contributed by atoms with E-state index in [-0.39, 0.29) is 24.1 Å². The van der Waals surface area contributed by atoms with Gasteiger partial charge >= 0.3 is 0 Å². The van der Waals surface area contributed by atoms with Gasteiger partial charge in [-0.3, -0.25) is 14.5 Å². The predicted octanol–water partition coefficient (Wildman–Crippen LogP) is 1.30. The Kier molecular flexibility index (Phi) is 2.83. The van der Waals surface area contributed by atoms with Gasteiger partial charge in [-0.05, 0) is 30.7 Å². The number of halogens is 1. The number of likely N-dealkylation sites (tertiary alicyclic amines) is 1. The van der Waals surface area contributed by atoms with Crippen molar-refractivity contribution in [1.82, 2.24) is 4.90 Å². The lowest BCUT2D eigenvalue weighted by Gasteiger charge is -2.14. The number of hydrogen-bond donors (Lipinski definition) is 1. The largest absolute Gasteiger partial charge is 0.373 e. The van der Waals surface area contributed by atoms with Crippen LogP contribution in [0.5, 0.6) is 0 Å². The first-order chi connectivity index (χ1) is 7.99. The maximum absolute atomic E-state index is 12.9. The Morgan fingerprint density at radius 3 is 2.65 bits per heavy atom.